The van der Waals surface area contributed by atoms with Crippen LogP contribution in [0.4, 0.5) is 13.2 Å². The smallest absolute Gasteiger partial charge is 0.280 e. The fourth-order valence-electron chi connectivity index (χ4n) is 4.21. The number of benzene rings is 1. The zero-order chi connectivity index (χ0) is 29.3. The maximum absolute atomic E-state index is 14.2. The Morgan fingerprint density at radius 2 is 2.00 bits per heavy atom. The van der Waals surface area contributed by atoms with Gasteiger partial charge in [0.1, 0.15) is 5.69 Å². The third-order valence-electron chi connectivity index (χ3n) is 6.28. The number of rotatable bonds is 7. The van der Waals surface area contributed by atoms with Crippen molar-refractivity contribution in [3.63, 3.8) is 0 Å². The van der Waals surface area contributed by atoms with Crippen molar-refractivity contribution in [1.29, 1.82) is 0 Å². The van der Waals surface area contributed by atoms with E-state index < -0.39 is 40.0 Å². The quantitative estimate of drug-likeness (QED) is 0.285. The molecule has 4 aromatic rings. The van der Waals surface area contributed by atoms with E-state index in [2.05, 4.69) is 36.2 Å². The van der Waals surface area contributed by atoms with Crippen LogP contribution in [0.2, 0.25) is 0 Å². The fraction of sp³-hybridized carbons (Fsp3) is 0.259. The van der Waals surface area contributed by atoms with Crippen LogP contribution >= 0.6 is 15.9 Å². The van der Waals surface area contributed by atoms with Crippen molar-refractivity contribution >= 4 is 42.6 Å². The van der Waals surface area contributed by atoms with Crippen LogP contribution in [0.15, 0.2) is 58.0 Å². The van der Waals surface area contributed by atoms with Crippen molar-refractivity contribution in [2.45, 2.75) is 36.9 Å². The van der Waals surface area contributed by atoms with Gasteiger partial charge < -0.3 is 14.8 Å². The molecular weight excluding hydrogens is 629 g/mol. The highest BCUT2D eigenvalue weighted by atomic mass is 79.9. The standard InChI is InChI=1S/C27H22BrF3N4O5S/c1-2-40-27-17(4-6-21(35-27)25(30)31)20-5-3-14-10-32-16(9-22(14)34-20)11-33-26(36)15-7-19(28)18-12-39-13-24(29)41(37,38)23(18)8-15/h3-10,24-25H,2,11-13H2,1H3,(H,33,36)/t24-/m1/s1. The van der Waals surface area contributed by atoms with E-state index in [1.54, 1.807) is 31.3 Å². The molecule has 3 aromatic heterocycles. The highest BCUT2D eigenvalue weighted by molar-refractivity contribution is 9.10. The first kappa shape index (κ1) is 28.9. The van der Waals surface area contributed by atoms with Crippen LogP contribution in [-0.2, 0) is 27.7 Å². The van der Waals surface area contributed by atoms with Crippen molar-refractivity contribution in [2.24, 2.45) is 0 Å². The number of carbonyl (C=O) groups excluding carboxylic acids is 1. The largest absolute Gasteiger partial charge is 0.477 e. The number of ether oxygens (including phenoxy) is 2. The second-order valence-corrected chi connectivity index (χ2v) is 11.9. The molecule has 1 atom stereocenters. The van der Waals surface area contributed by atoms with E-state index in [4.69, 9.17) is 9.47 Å². The predicted molar refractivity (Wildman–Crippen MR) is 146 cm³/mol. The van der Waals surface area contributed by atoms with Crippen LogP contribution < -0.4 is 10.1 Å². The minimum Gasteiger partial charge on any atom is -0.477 e. The van der Waals surface area contributed by atoms with Crippen molar-refractivity contribution in [3.8, 4) is 17.1 Å². The van der Waals surface area contributed by atoms with Gasteiger partial charge in [-0.15, -0.1) is 0 Å². The lowest BCUT2D eigenvalue weighted by Gasteiger charge is -2.13. The average molecular weight is 651 g/mol. The number of halogens is 4. The SMILES string of the molecule is CCOc1nc(C(F)F)ccc1-c1ccc2cnc(CNC(=O)c3cc(Br)c4c(c3)S(=O)(=O)[C@@H](F)COC4)cc2n1. The Kier molecular flexibility index (Phi) is 8.25. The Morgan fingerprint density at radius 3 is 2.76 bits per heavy atom. The van der Waals surface area contributed by atoms with Gasteiger partial charge in [-0.25, -0.2) is 31.6 Å². The molecule has 0 aliphatic carbocycles. The molecule has 5 rings (SSSR count). The number of nitrogens with zero attached hydrogens (tertiary/aromatic N) is 3. The Hall–Kier alpha value is -3.62. The molecule has 1 aliphatic heterocycles. The molecule has 1 amide bonds. The molecule has 0 saturated heterocycles. The normalized spacial score (nSPS) is 16.3. The lowest BCUT2D eigenvalue weighted by Crippen LogP contribution is -2.24. The molecule has 1 aromatic carbocycles. The zero-order valence-corrected chi connectivity index (χ0v) is 23.8. The van der Waals surface area contributed by atoms with Gasteiger partial charge in [0, 0.05) is 27.2 Å². The van der Waals surface area contributed by atoms with Crippen molar-refractivity contribution in [3.05, 3.63) is 75.6 Å². The first-order valence-electron chi connectivity index (χ1n) is 12.3. The summed E-state index contributed by atoms with van der Waals surface area (Å²) in [4.78, 5) is 25.5. The van der Waals surface area contributed by atoms with Gasteiger partial charge in [0.15, 0.2) is 0 Å². The maximum atomic E-state index is 14.2. The number of carbonyl (C=O) groups is 1. The summed E-state index contributed by atoms with van der Waals surface area (Å²) >= 11 is 3.26. The van der Waals surface area contributed by atoms with Gasteiger partial charge >= 0.3 is 0 Å². The predicted octanol–water partition coefficient (Wildman–Crippen LogP) is 5.32. The molecule has 0 saturated carbocycles. The Bertz CT molecular complexity index is 1760. The number of pyridine rings is 3. The summed E-state index contributed by atoms with van der Waals surface area (Å²) in [7, 11) is -4.34. The molecule has 41 heavy (non-hydrogen) atoms. The molecule has 14 heteroatoms. The minimum atomic E-state index is -4.34. The van der Waals surface area contributed by atoms with Gasteiger partial charge in [-0.05, 0) is 49.4 Å². The van der Waals surface area contributed by atoms with E-state index in [9.17, 15) is 26.4 Å². The van der Waals surface area contributed by atoms with Crippen molar-refractivity contribution in [1.82, 2.24) is 20.3 Å². The van der Waals surface area contributed by atoms with E-state index in [0.717, 1.165) is 6.07 Å². The monoisotopic (exact) mass is 650 g/mol. The van der Waals surface area contributed by atoms with Crippen LogP contribution in [0.25, 0.3) is 22.2 Å². The van der Waals surface area contributed by atoms with Crippen LogP contribution in [0.3, 0.4) is 0 Å². The number of aromatic nitrogens is 3. The first-order chi connectivity index (χ1) is 19.6. The van der Waals surface area contributed by atoms with Crippen molar-refractivity contribution < 1.29 is 35.9 Å². The van der Waals surface area contributed by atoms with Gasteiger partial charge in [-0.1, -0.05) is 15.9 Å². The van der Waals surface area contributed by atoms with E-state index in [-0.39, 0.29) is 41.7 Å². The van der Waals surface area contributed by atoms with Crippen LogP contribution in [0.1, 0.15) is 40.7 Å². The second kappa shape index (κ2) is 11.7. The highest BCUT2D eigenvalue weighted by Gasteiger charge is 2.34. The summed E-state index contributed by atoms with van der Waals surface area (Å²) in [6.07, 6.45) is -1.18. The summed E-state index contributed by atoms with van der Waals surface area (Å²) < 4.78 is 76.7. The van der Waals surface area contributed by atoms with Gasteiger partial charge in [-0.3, -0.25) is 9.78 Å². The van der Waals surface area contributed by atoms with Gasteiger partial charge in [0.05, 0.1) is 53.7 Å². The third kappa shape index (κ3) is 5.90. The molecule has 4 heterocycles. The van der Waals surface area contributed by atoms with Crippen LogP contribution in [0.5, 0.6) is 5.88 Å². The van der Waals surface area contributed by atoms with Crippen LogP contribution in [-0.4, -0.2) is 48.0 Å². The number of amides is 1. The van der Waals surface area contributed by atoms with Crippen LogP contribution in [0, 0.1) is 0 Å². The van der Waals surface area contributed by atoms with E-state index in [1.165, 1.54) is 18.2 Å². The topological polar surface area (TPSA) is 120 Å². The Balaban J connectivity index is 1.39. The average Bonchev–Trinajstić information content (AvgIpc) is 3.06. The molecule has 0 spiro atoms. The van der Waals surface area contributed by atoms with E-state index >= 15 is 0 Å². The molecule has 1 aliphatic rings. The lowest BCUT2D eigenvalue weighted by molar-refractivity contribution is 0.0946. The summed E-state index contributed by atoms with van der Waals surface area (Å²) in [6.45, 7) is 1.20. The summed E-state index contributed by atoms with van der Waals surface area (Å²) in [5, 5.41) is 3.38. The summed E-state index contributed by atoms with van der Waals surface area (Å²) in [5.74, 6) is -0.558. The molecule has 0 bridgehead atoms. The number of hydrogen-bond donors (Lipinski definition) is 1. The Morgan fingerprint density at radius 1 is 1.20 bits per heavy atom. The van der Waals surface area contributed by atoms with Gasteiger partial charge in [0.2, 0.25) is 21.2 Å². The third-order valence-corrected chi connectivity index (χ3v) is 8.77. The Labute approximate surface area is 241 Å². The molecule has 0 fully saturated rings. The number of hydrogen-bond acceptors (Lipinski definition) is 8. The van der Waals surface area contributed by atoms with Crippen molar-refractivity contribution in [2.75, 3.05) is 13.2 Å². The number of sulfone groups is 1. The molecule has 9 nitrogen and oxygen atoms in total. The number of nitrogens with one attached hydrogen (secondary N) is 1. The molecular formula is C27H22BrF3N4O5S. The maximum Gasteiger partial charge on any atom is 0.280 e. The van der Waals surface area contributed by atoms with Gasteiger partial charge in [-0.2, -0.15) is 0 Å². The number of fused-ring (bicyclic) bond motifs is 2. The summed E-state index contributed by atoms with van der Waals surface area (Å²) in [5.41, 5.74) is -0.534. The lowest BCUT2D eigenvalue weighted by atomic mass is 10.1. The molecule has 0 radical (unpaired) electrons. The van der Waals surface area contributed by atoms with E-state index in [0.29, 0.717) is 32.3 Å². The first-order valence-corrected chi connectivity index (χ1v) is 14.7. The van der Waals surface area contributed by atoms with Gasteiger partial charge in [0.25, 0.3) is 12.3 Å². The fourth-order valence-corrected chi connectivity index (χ4v) is 6.27. The summed E-state index contributed by atoms with van der Waals surface area (Å²) in [6, 6.07) is 10.4. The molecule has 0 unspecified atom stereocenters. The highest BCUT2D eigenvalue weighted by Crippen LogP contribution is 2.33. The number of alkyl halides is 3. The molecule has 214 valence electrons. The van der Waals surface area contributed by atoms with E-state index in [1.807, 2.05) is 0 Å². The molecule has 1 N–H and O–H groups in total. The zero-order valence-electron chi connectivity index (χ0n) is 21.4. The second-order valence-electron chi connectivity index (χ2n) is 8.98. The minimum absolute atomic E-state index is 0.0118.